The smallest absolute Gasteiger partial charge is 0.0562 e. The molecule has 6 aromatic heterocycles. The first-order valence-corrected chi connectivity index (χ1v) is 49.5. The second-order valence-electron chi connectivity index (χ2n) is 37.4. The Morgan fingerprint density at radius 2 is 0.229 bits per heavy atom. The minimum Gasteiger partial charge on any atom is -0.309 e. The summed E-state index contributed by atoms with van der Waals surface area (Å²) in [6.45, 7) is 0. The molecule has 0 fully saturated rings. The molecule has 6 heterocycles. The molecular weight excluding hydrogens is 1740 g/mol. The Labute approximate surface area is 833 Å². The van der Waals surface area contributed by atoms with Gasteiger partial charge in [0.25, 0.3) is 0 Å². The van der Waals surface area contributed by atoms with Gasteiger partial charge in [0.15, 0.2) is 0 Å². The molecule has 0 aliphatic heterocycles. The van der Waals surface area contributed by atoms with Gasteiger partial charge in [0, 0.05) is 98.8 Å². The highest BCUT2D eigenvalue weighted by Gasteiger charge is 2.26. The van der Waals surface area contributed by atoms with Crippen molar-refractivity contribution < 1.29 is 0 Å². The molecule has 144 heavy (non-hydrogen) atoms. The van der Waals surface area contributed by atoms with Crippen LogP contribution in [0.25, 0.3) is 254 Å². The van der Waals surface area contributed by atoms with E-state index in [9.17, 15) is 0 Å². The molecule has 6 heteroatoms. The van der Waals surface area contributed by atoms with Gasteiger partial charge in [-0.15, -0.1) is 0 Å². The second-order valence-corrected chi connectivity index (χ2v) is 37.4. The lowest BCUT2D eigenvalue weighted by Gasteiger charge is -2.15. The summed E-state index contributed by atoms with van der Waals surface area (Å²) in [5, 5.41) is 15.1. The van der Waals surface area contributed by atoms with Gasteiger partial charge in [0.1, 0.15) is 0 Å². The zero-order valence-electron chi connectivity index (χ0n) is 78.8. The van der Waals surface area contributed by atoms with Gasteiger partial charge >= 0.3 is 0 Å². The van der Waals surface area contributed by atoms with Crippen LogP contribution in [0.3, 0.4) is 0 Å². The number of benzene rings is 23. The van der Waals surface area contributed by atoms with E-state index in [1.54, 1.807) is 0 Å². The standard InChI is InChI=1S/C54H36N2.2C42H28N2/c1-4-16-37(17-5-1)39-20-14-22-41(30-39)43-32-44(42-23-15-21-40(31-42)38-18-6-2-7-19-38)34-46(33-43)56-52-29-13-11-27-48(52)50-35-49-47-26-10-12-28-51(47)55(53(49)36-54(50)56)45-24-8-3-9-25-45;1-4-14-29(15-5-1)31-24-32(30-16-6-2-7-17-30)26-34(25-31)44-40-23-13-11-21-36(40)38-27-41-37(28-42(38)44)35-20-10-12-22-39(35)43(41)33-18-8-3-9-19-33;1-4-14-29(15-5-1)31-24-32(30-16-6-2-7-17-30)26-34(25-31)44-40-23-13-11-21-36(40)38-27-37-35-20-10-12-22-39(35)43(41(37)28-42(38)44)33-18-8-3-9-19-33/h1-36H;2*1-28H. The summed E-state index contributed by atoms with van der Waals surface area (Å²) >= 11 is 0. The van der Waals surface area contributed by atoms with Crippen molar-refractivity contribution in [3.05, 3.63) is 558 Å². The Morgan fingerprint density at radius 3 is 0.458 bits per heavy atom. The van der Waals surface area contributed by atoms with Crippen molar-refractivity contribution in [3.63, 3.8) is 0 Å². The molecule has 0 spiro atoms. The van der Waals surface area contributed by atoms with Gasteiger partial charge in [-0.1, -0.05) is 382 Å². The lowest BCUT2D eigenvalue weighted by Crippen LogP contribution is -1.97. The van der Waals surface area contributed by atoms with Crippen molar-refractivity contribution in [1.29, 1.82) is 0 Å². The Hall–Kier alpha value is -19.1. The SMILES string of the molecule is c1ccc(-c2cc(-c3ccccc3)cc(-n3c4ccccc4c4cc5c(cc43)c3ccccc3n5-c3ccccc3)c2)cc1.c1ccc(-c2cc(-c3ccccc3)cc(-n3c4ccccc4c4cc5c6ccccc6n(-c6ccccc6)c5cc43)c2)cc1.c1ccc(-c2cccc(-c3cc(-c4cccc(-c5ccccc5)c4)cc(-n4c5ccccc5c5cc6c7ccccc7n(-c7ccccc7)c6cc54)c3)c2)cc1. The molecule has 0 saturated carbocycles. The van der Waals surface area contributed by atoms with Gasteiger partial charge in [-0.3, -0.25) is 0 Å². The normalized spacial score (nSPS) is 11.6. The summed E-state index contributed by atoms with van der Waals surface area (Å²) in [6, 6.07) is 202. The second kappa shape index (κ2) is 35.7. The lowest BCUT2D eigenvalue weighted by molar-refractivity contribution is 1.16. The number of hydrogen-bond donors (Lipinski definition) is 0. The fourth-order valence-electron chi connectivity index (χ4n) is 22.5. The van der Waals surface area contributed by atoms with Gasteiger partial charge in [-0.05, 0) is 265 Å². The van der Waals surface area contributed by atoms with Crippen molar-refractivity contribution >= 4 is 131 Å². The van der Waals surface area contributed by atoms with Crippen LogP contribution in [0.15, 0.2) is 558 Å². The van der Waals surface area contributed by atoms with Crippen LogP contribution < -0.4 is 0 Å². The average Bonchev–Trinajstić information content (AvgIpc) is 1.56. The van der Waals surface area contributed by atoms with Crippen LogP contribution in [0, 0.1) is 0 Å². The minimum atomic E-state index is 1.13. The molecule has 0 unspecified atom stereocenters. The molecule has 0 aliphatic rings. The Kier molecular flexibility index (Phi) is 20.9. The maximum absolute atomic E-state index is 2.48. The monoisotopic (exact) mass is 1830 g/mol. The summed E-state index contributed by atoms with van der Waals surface area (Å²) in [5.41, 5.74) is 40.5. The van der Waals surface area contributed by atoms with Crippen LogP contribution in [-0.2, 0) is 0 Å². The van der Waals surface area contributed by atoms with Crippen LogP contribution in [0.1, 0.15) is 0 Å². The molecule has 674 valence electrons. The maximum atomic E-state index is 2.48. The van der Waals surface area contributed by atoms with E-state index in [-0.39, 0.29) is 0 Å². The number of fused-ring (bicyclic) bond motifs is 18. The highest BCUT2D eigenvalue weighted by molar-refractivity contribution is 6.23. The van der Waals surface area contributed by atoms with Crippen LogP contribution in [0.2, 0.25) is 0 Å². The molecule has 0 atom stereocenters. The Morgan fingerprint density at radius 1 is 0.0764 bits per heavy atom. The first kappa shape index (κ1) is 84.2. The molecule has 0 radical (unpaired) electrons. The maximum Gasteiger partial charge on any atom is 0.0562 e. The van der Waals surface area contributed by atoms with Gasteiger partial charge in [0.2, 0.25) is 0 Å². The molecule has 6 nitrogen and oxygen atoms in total. The van der Waals surface area contributed by atoms with Crippen molar-refractivity contribution in [1.82, 2.24) is 27.4 Å². The third kappa shape index (κ3) is 14.8. The molecule has 0 amide bonds. The Balaban J connectivity index is 0.000000109. The van der Waals surface area contributed by atoms with E-state index in [2.05, 4.69) is 586 Å². The molecule has 0 saturated heterocycles. The first-order chi connectivity index (χ1) is 71.4. The summed E-state index contributed by atoms with van der Waals surface area (Å²) in [4.78, 5) is 0. The van der Waals surface area contributed by atoms with Gasteiger partial charge in [-0.25, -0.2) is 0 Å². The highest BCUT2D eigenvalue weighted by atomic mass is 15.0. The van der Waals surface area contributed by atoms with Crippen molar-refractivity contribution in [2.24, 2.45) is 0 Å². The van der Waals surface area contributed by atoms with E-state index in [1.807, 2.05) is 0 Å². The quantitative estimate of drug-likeness (QED) is 0.104. The van der Waals surface area contributed by atoms with Gasteiger partial charge in [-0.2, -0.15) is 0 Å². The largest absolute Gasteiger partial charge is 0.309 e. The molecule has 0 bridgehead atoms. The van der Waals surface area contributed by atoms with E-state index in [4.69, 9.17) is 0 Å². The van der Waals surface area contributed by atoms with Crippen LogP contribution in [0.4, 0.5) is 0 Å². The van der Waals surface area contributed by atoms with Crippen molar-refractivity contribution in [2.75, 3.05) is 0 Å². The minimum absolute atomic E-state index is 1.13. The summed E-state index contributed by atoms with van der Waals surface area (Å²) in [5.74, 6) is 0. The van der Waals surface area contributed by atoms with Gasteiger partial charge < -0.3 is 27.4 Å². The summed E-state index contributed by atoms with van der Waals surface area (Å²) in [7, 11) is 0. The fourth-order valence-corrected chi connectivity index (χ4v) is 22.5. The molecule has 0 N–H and O–H groups in total. The first-order valence-electron chi connectivity index (χ1n) is 49.5. The molecule has 29 aromatic rings. The molecule has 23 aromatic carbocycles. The van der Waals surface area contributed by atoms with E-state index in [0.29, 0.717) is 0 Å². The topological polar surface area (TPSA) is 29.6 Å². The molecule has 29 rings (SSSR count). The number of aromatic nitrogens is 6. The van der Waals surface area contributed by atoms with E-state index in [0.717, 1.165) is 28.4 Å². The van der Waals surface area contributed by atoms with Crippen molar-refractivity contribution in [3.8, 4) is 123 Å². The predicted octanol–water partition coefficient (Wildman–Crippen LogP) is 37.0. The summed E-state index contributed by atoms with van der Waals surface area (Å²) in [6.07, 6.45) is 0. The van der Waals surface area contributed by atoms with E-state index < -0.39 is 0 Å². The summed E-state index contributed by atoms with van der Waals surface area (Å²) < 4.78 is 14.6. The third-order valence-electron chi connectivity index (χ3n) is 29.0. The molecular formula is C138H92N6. The number of para-hydroxylation sites is 9. The number of nitrogens with zero attached hydrogens (tertiary/aromatic N) is 6. The average molecular weight is 1830 g/mol. The number of rotatable bonds is 14. The predicted molar refractivity (Wildman–Crippen MR) is 609 cm³/mol. The van der Waals surface area contributed by atoms with Crippen molar-refractivity contribution in [2.45, 2.75) is 0 Å². The highest BCUT2D eigenvalue weighted by Crippen LogP contribution is 2.48. The van der Waals surface area contributed by atoms with Crippen LogP contribution >= 0.6 is 0 Å². The zero-order valence-corrected chi connectivity index (χ0v) is 78.8. The third-order valence-corrected chi connectivity index (χ3v) is 29.0. The van der Waals surface area contributed by atoms with Crippen LogP contribution in [0.5, 0.6) is 0 Å². The van der Waals surface area contributed by atoms with Crippen LogP contribution in [-0.4, -0.2) is 27.4 Å². The van der Waals surface area contributed by atoms with Gasteiger partial charge in [0.05, 0.1) is 66.2 Å². The molecule has 0 aliphatic carbocycles. The van der Waals surface area contributed by atoms with E-state index >= 15 is 0 Å². The zero-order chi connectivity index (χ0) is 95.1. The fraction of sp³-hybridized carbons (Fsp3) is 0. The van der Waals surface area contributed by atoms with E-state index in [1.165, 1.54) is 226 Å². The Bertz CT molecular complexity index is 9740. The number of hydrogen-bond acceptors (Lipinski definition) is 0. The lowest BCUT2D eigenvalue weighted by atomic mass is 9.94.